The lowest BCUT2D eigenvalue weighted by atomic mass is 9.78. The number of hydrogen-bond acceptors (Lipinski definition) is 1. The molecule has 0 aliphatic heterocycles. The molecular formula is C21H33FO. The van der Waals surface area contributed by atoms with Crippen LogP contribution < -0.4 is 0 Å². The Labute approximate surface area is 141 Å². The zero-order valence-electron chi connectivity index (χ0n) is 15.3. The van der Waals surface area contributed by atoms with Crippen LogP contribution >= 0.6 is 0 Å². The number of carbonyl (C=O) groups excluding carboxylic acids is 1. The van der Waals surface area contributed by atoms with E-state index in [1.165, 1.54) is 0 Å². The highest BCUT2D eigenvalue weighted by molar-refractivity contribution is 5.81. The maximum absolute atomic E-state index is 13.4. The molecule has 1 aromatic carbocycles. The van der Waals surface area contributed by atoms with Crippen LogP contribution in [0.5, 0.6) is 0 Å². The van der Waals surface area contributed by atoms with E-state index in [0.717, 1.165) is 50.5 Å². The van der Waals surface area contributed by atoms with Crippen molar-refractivity contribution >= 4 is 5.78 Å². The minimum Gasteiger partial charge on any atom is -0.299 e. The summed E-state index contributed by atoms with van der Waals surface area (Å²) in [7, 11) is 0. The van der Waals surface area contributed by atoms with Crippen LogP contribution in [0.1, 0.15) is 76.8 Å². The molecule has 0 aliphatic rings. The number of halogens is 1. The van der Waals surface area contributed by atoms with Crippen molar-refractivity contribution in [2.24, 2.45) is 11.8 Å². The van der Waals surface area contributed by atoms with Gasteiger partial charge in [0, 0.05) is 12.3 Å². The van der Waals surface area contributed by atoms with Crippen LogP contribution in [0.25, 0.3) is 0 Å². The molecule has 0 fully saturated rings. The minimum absolute atomic E-state index is 0.151. The first-order valence-electron chi connectivity index (χ1n) is 9.31. The van der Waals surface area contributed by atoms with Crippen LogP contribution in [0, 0.1) is 24.6 Å². The van der Waals surface area contributed by atoms with Crippen molar-refractivity contribution in [2.75, 3.05) is 0 Å². The van der Waals surface area contributed by atoms with Crippen molar-refractivity contribution in [1.82, 2.24) is 0 Å². The number of rotatable bonds is 11. The Morgan fingerprint density at radius 1 is 1.04 bits per heavy atom. The third-order valence-electron chi connectivity index (χ3n) is 4.76. The van der Waals surface area contributed by atoms with E-state index < -0.39 is 0 Å². The molecule has 2 heteroatoms. The third kappa shape index (κ3) is 6.45. The van der Waals surface area contributed by atoms with Gasteiger partial charge in [0.15, 0.2) is 0 Å². The van der Waals surface area contributed by atoms with Gasteiger partial charge in [-0.15, -0.1) is 0 Å². The Balaban J connectivity index is 2.81. The second-order valence-corrected chi connectivity index (χ2v) is 6.78. The SMILES string of the molecule is CCCC(=O)C(CCc1ccc(F)c(C)c1)C(CCC)CCC. The number of Topliss-reactive ketones (excluding diaryl/α,β-unsaturated/α-hetero) is 1. The summed E-state index contributed by atoms with van der Waals surface area (Å²) in [5, 5.41) is 0. The zero-order valence-corrected chi connectivity index (χ0v) is 15.3. The van der Waals surface area contributed by atoms with E-state index in [1.54, 1.807) is 13.0 Å². The second-order valence-electron chi connectivity index (χ2n) is 6.78. The largest absolute Gasteiger partial charge is 0.299 e. The lowest BCUT2D eigenvalue weighted by Gasteiger charge is -2.26. The van der Waals surface area contributed by atoms with Crippen molar-refractivity contribution in [1.29, 1.82) is 0 Å². The van der Waals surface area contributed by atoms with E-state index in [2.05, 4.69) is 20.8 Å². The average molecular weight is 320 g/mol. The number of benzene rings is 1. The Morgan fingerprint density at radius 3 is 2.22 bits per heavy atom. The van der Waals surface area contributed by atoms with E-state index >= 15 is 0 Å². The minimum atomic E-state index is -0.151. The highest BCUT2D eigenvalue weighted by Gasteiger charge is 2.26. The van der Waals surface area contributed by atoms with E-state index in [9.17, 15) is 9.18 Å². The highest BCUT2D eigenvalue weighted by Crippen LogP contribution is 2.29. The van der Waals surface area contributed by atoms with E-state index in [-0.39, 0.29) is 11.7 Å². The summed E-state index contributed by atoms with van der Waals surface area (Å²) in [4.78, 5) is 12.6. The topological polar surface area (TPSA) is 17.1 Å². The molecule has 0 N–H and O–H groups in total. The summed E-state index contributed by atoms with van der Waals surface area (Å²) in [6.45, 7) is 8.28. The Kier molecular flexibility index (Phi) is 9.13. The van der Waals surface area contributed by atoms with Gasteiger partial charge in [0.25, 0.3) is 0 Å². The van der Waals surface area contributed by atoms with Crippen LogP contribution in [0.2, 0.25) is 0 Å². The Hall–Kier alpha value is -1.18. The summed E-state index contributed by atoms with van der Waals surface area (Å²) in [5.41, 5.74) is 1.84. The van der Waals surface area contributed by atoms with E-state index in [0.29, 0.717) is 23.7 Å². The van der Waals surface area contributed by atoms with Crippen molar-refractivity contribution < 1.29 is 9.18 Å². The molecule has 1 atom stereocenters. The maximum atomic E-state index is 13.4. The molecule has 23 heavy (non-hydrogen) atoms. The molecule has 0 aliphatic carbocycles. The van der Waals surface area contributed by atoms with Crippen LogP contribution in [0.4, 0.5) is 4.39 Å². The fourth-order valence-electron chi connectivity index (χ4n) is 3.56. The standard InChI is InChI=1S/C21H33FO/c1-5-8-18(9-6-2)19(21(23)10-7-3)13-11-17-12-14-20(22)16(4)15-17/h12,14-15,18-19H,5-11,13H2,1-4H3. The van der Waals surface area contributed by atoms with Gasteiger partial charge < -0.3 is 0 Å². The molecule has 1 aromatic rings. The van der Waals surface area contributed by atoms with E-state index in [1.807, 2.05) is 12.1 Å². The molecular weight excluding hydrogens is 287 g/mol. The fourth-order valence-corrected chi connectivity index (χ4v) is 3.56. The predicted molar refractivity (Wildman–Crippen MR) is 96.2 cm³/mol. The number of ketones is 1. The quantitative estimate of drug-likeness (QED) is 0.469. The van der Waals surface area contributed by atoms with E-state index in [4.69, 9.17) is 0 Å². The lowest BCUT2D eigenvalue weighted by molar-refractivity contribution is -0.125. The van der Waals surface area contributed by atoms with Gasteiger partial charge in [-0.25, -0.2) is 4.39 Å². The van der Waals surface area contributed by atoms with Gasteiger partial charge in [-0.05, 0) is 49.3 Å². The van der Waals surface area contributed by atoms with Crippen molar-refractivity contribution in [2.45, 2.75) is 79.1 Å². The van der Waals surface area contributed by atoms with Gasteiger partial charge in [0.1, 0.15) is 11.6 Å². The molecule has 0 amide bonds. The van der Waals surface area contributed by atoms with Crippen LogP contribution in [0.3, 0.4) is 0 Å². The average Bonchev–Trinajstić information content (AvgIpc) is 2.51. The Bertz CT molecular complexity index is 475. The molecule has 1 rings (SSSR count). The van der Waals surface area contributed by atoms with Crippen molar-refractivity contribution in [3.63, 3.8) is 0 Å². The number of hydrogen-bond donors (Lipinski definition) is 0. The summed E-state index contributed by atoms with van der Waals surface area (Å²) >= 11 is 0. The van der Waals surface area contributed by atoms with Crippen LogP contribution in [-0.4, -0.2) is 5.78 Å². The third-order valence-corrected chi connectivity index (χ3v) is 4.76. The van der Waals surface area contributed by atoms with Crippen molar-refractivity contribution in [3.8, 4) is 0 Å². The van der Waals surface area contributed by atoms with Gasteiger partial charge in [-0.2, -0.15) is 0 Å². The number of carbonyl (C=O) groups is 1. The summed E-state index contributed by atoms with van der Waals surface area (Å²) in [6, 6.07) is 5.33. The smallest absolute Gasteiger partial charge is 0.136 e. The fraction of sp³-hybridized carbons (Fsp3) is 0.667. The monoisotopic (exact) mass is 320 g/mol. The summed E-state index contributed by atoms with van der Waals surface area (Å²) in [5.74, 6) is 0.950. The molecule has 0 bridgehead atoms. The van der Waals surface area contributed by atoms with Crippen LogP contribution in [-0.2, 0) is 11.2 Å². The predicted octanol–water partition coefficient (Wildman–Crippen LogP) is 6.27. The van der Waals surface area contributed by atoms with Gasteiger partial charge in [-0.3, -0.25) is 4.79 Å². The van der Waals surface area contributed by atoms with Crippen molar-refractivity contribution in [3.05, 3.63) is 35.1 Å². The first kappa shape index (κ1) is 19.9. The first-order chi connectivity index (χ1) is 11.0. The molecule has 0 saturated heterocycles. The molecule has 1 unspecified atom stereocenters. The molecule has 0 heterocycles. The molecule has 1 nitrogen and oxygen atoms in total. The normalized spacial score (nSPS) is 12.6. The molecule has 130 valence electrons. The maximum Gasteiger partial charge on any atom is 0.136 e. The molecule has 0 saturated carbocycles. The zero-order chi connectivity index (χ0) is 17.2. The van der Waals surface area contributed by atoms with Crippen LogP contribution in [0.15, 0.2) is 18.2 Å². The lowest BCUT2D eigenvalue weighted by Crippen LogP contribution is -2.24. The van der Waals surface area contributed by atoms with Gasteiger partial charge in [-0.1, -0.05) is 58.6 Å². The van der Waals surface area contributed by atoms with Gasteiger partial charge >= 0.3 is 0 Å². The molecule has 0 radical (unpaired) electrons. The van der Waals surface area contributed by atoms with Gasteiger partial charge in [0.2, 0.25) is 0 Å². The molecule has 0 spiro atoms. The first-order valence-corrected chi connectivity index (χ1v) is 9.31. The molecule has 0 aromatic heterocycles. The Morgan fingerprint density at radius 2 is 1.70 bits per heavy atom. The second kappa shape index (κ2) is 10.6. The highest BCUT2D eigenvalue weighted by atomic mass is 19.1. The summed E-state index contributed by atoms with van der Waals surface area (Å²) in [6.07, 6.45) is 7.92. The summed E-state index contributed by atoms with van der Waals surface area (Å²) < 4.78 is 13.4. The number of aryl methyl sites for hydroxylation is 2. The van der Waals surface area contributed by atoms with Gasteiger partial charge in [0.05, 0.1) is 0 Å².